The zero-order valence-electron chi connectivity index (χ0n) is 9.37. The van der Waals surface area contributed by atoms with Crippen LogP contribution in [0.4, 0.5) is 0 Å². The van der Waals surface area contributed by atoms with Crippen LogP contribution in [-0.2, 0) is 6.54 Å². The number of hydrogen-bond donors (Lipinski definition) is 1. The maximum absolute atomic E-state index is 5.84. The largest absolute Gasteiger partial charge is 0.461 e. The lowest BCUT2D eigenvalue weighted by Crippen LogP contribution is -2.26. The fraction of sp³-hybridized carbons (Fsp3) is 0.455. The summed E-state index contributed by atoms with van der Waals surface area (Å²) < 4.78 is 10.4. The van der Waals surface area contributed by atoms with E-state index in [0.29, 0.717) is 24.0 Å². The Labute approximate surface area is 98.4 Å². The molecule has 6 nitrogen and oxygen atoms in total. The van der Waals surface area contributed by atoms with Crippen LogP contribution in [-0.4, -0.2) is 34.2 Å². The van der Waals surface area contributed by atoms with Gasteiger partial charge in [-0.1, -0.05) is 5.16 Å². The van der Waals surface area contributed by atoms with E-state index in [1.54, 1.807) is 18.4 Å². The molecular weight excluding hydrogens is 220 g/mol. The molecule has 1 aliphatic heterocycles. The van der Waals surface area contributed by atoms with Crippen molar-refractivity contribution in [2.75, 3.05) is 13.1 Å². The van der Waals surface area contributed by atoms with Crippen LogP contribution in [0.1, 0.15) is 12.3 Å². The molecule has 17 heavy (non-hydrogen) atoms. The molecule has 90 valence electrons. The van der Waals surface area contributed by atoms with Crippen molar-refractivity contribution in [3.05, 3.63) is 24.3 Å². The summed E-state index contributed by atoms with van der Waals surface area (Å²) in [6.07, 6.45) is 2.62. The van der Waals surface area contributed by atoms with E-state index >= 15 is 0 Å². The zero-order chi connectivity index (χ0) is 11.7. The molecule has 0 aliphatic carbocycles. The van der Waals surface area contributed by atoms with Crippen molar-refractivity contribution in [3.8, 4) is 11.6 Å². The smallest absolute Gasteiger partial charge is 0.241 e. The first-order valence-corrected chi connectivity index (χ1v) is 5.65. The fourth-order valence-electron chi connectivity index (χ4n) is 2.02. The molecule has 2 aromatic rings. The van der Waals surface area contributed by atoms with Crippen molar-refractivity contribution in [2.24, 2.45) is 5.73 Å². The fourth-order valence-corrected chi connectivity index (χ4v) is 2.02. The topological polar surface area (TPSA) is 81.3 Å². The van der Waals surface area contributed by atoms with E-state index in [9.17, 15) is 0 Å². The Bertz CT molecular complexity index is 479. The van der Waals surface area contributed by atoms with Crippen molar-refractivity contribution in [1.82, 2.24) is 15.0 Å². The van der Waals surface area contributed by atoms with E-state index in [0.717, 1.165) is 19.5 Å². The van der Waals surface area contributed by atoms with E-state index in [-0.39, 0.29) is 6.04 Å². The molecule has 0 spiro atoms. The molecule has 1 atom stereocenters. The average molecular weight is 234 g/mol. The second-order valence-electron chi connectivity index (χ2n) is 4.27. The van der Waals surface area contributed by atoms with Gasteiger partial charge in [-0.2, -0.15) is 4.98 Å². The van der Waals surface area contributed by atoms with E-state index < -0.39 is 0 Å². The molecule has 3 rings (SSSR count). The van der Waals surface area contributed by atoms with Crippen LogP contribution in [0.5, 0.6) is 0 Å². The lowest BCUT2D eigenvalue weighted by atomic mass is 10.3. The van der Waals surface area contributed by atoms with Gasteiger partial charge in [0, 0.05) is 19.1 Å². The number of nitrogens with two attached hydrogens (primary N) is 1. The summed E-state index contributed by atoms with van der Waals surface area (Å²) in [6.45, 7) is 2.53. The van der Waals surface area contributed by atoms with Gasteiger partial charge in [-0.05, 0) is 18.6 Å². The number of hydrogen-bond acceptors (Lipinski definition) is 6. The van der Waals surface area contributed by atoms with Gasteiger partial charge in [0.05, 0.1) is 12.8 Å². The summed E-state index contributed by atoms with van der Waals surface area (Å²) in [5.41, 5.74) is 5.84. The minimum absolute atomic E-state index is 0.266. The molecule has 1 saturated heterocycles. The molecule has 0 bridgehead atoms. The molecule has 6 heteroatoms. The Balaban J connectivity index is 1.69. The third kappa shape index (κ3) is 2.22. The molecule has 3 heterocycles. The quantitative estimate of drug-likeness (QED) is 0.848. The average Bonchev–Trinajstić information content (AvgIpc) is 3.00. The summed E-state index contributed by atoms with van der Waals surface area (Å²) in [6, 6.07) is 3.87. The first-order chi connectivity index (χ1) is 8.31. The van der Waals surface area contributed by atoms with Gasteiger partial charge in [0.1, 0.15) is 0 Å². The second-order valence-corrected chi connectivity index (χ2v) is 4.27. The van der Waals surface area contributed by atoms with E-state index in [1.807, 2.05) is 0 Å². The van der Waals surface area contributed by atoms with E-state index in [4.69, 9.17) is 14.7 Å². The minimum Gasteiger partial charge on any atom is -0.461 e. The van der Waals surface area contributed by atoms with Crippen molar-refractivity contribution >= 4 is 0 Å². The number of furan rings is 1. The molecular formula is C11H14N4O2. The van der Waals surface area contributed by atoms with Crippen LogP contribution >= 0.6 is 0 Å². The van der Waals surface area contributed by atoms with Gasteiger partial charge in [-0.3, -0.25) is 4.90 Å². The van der Waals surface area contributed by atoms with E-state index in [1.165, 1.54) is 0 Å². The van der Waals surface area contributed by atoms with Crippen LogP contribution in [0.3, 0.4) is 0 Å². The first kappa shape index (κ1) is 10.5. The number of nitrogens with zero attached hydrogens (tertiary/aromatic N) is 3. The lowest BCUT2D eigenvalue weighted by molar-refractivity contribution is 0.265. The minimum atomic E-state index is 0.266. The molecule has 0 amide bonds. The summed E-state index contributed by atoms with van der Waals surface area (Å²) in [5, 5.41) is 3.88. The molecule has 0 saturated carbocycles. The molecule has 0 aromatic carbocycles. The molecule has 1 fully saturated rings. The van der Waals surface area contributed by atoms with Crippen molar-refractivity contribution in [2.45, 2.75) is 19.0 Å². The number of aromatic nitrogens is 2. The summed E-state index contributed by atoms with van der Waals surface area (Å²) in [7, 11) is 0. The predicted octanol–water partition coefficient (Wildman–Crippen LogP) is 0.863. The van der Waals surface area contributed by atoms with Gasteiger partial charge >= 0.3 is 0 Å². The second kappa shape index (κ2) is 4.31. The maximum atomic E-state index is 5.84. The number of likely N-dealkylation sites (tertiary alicyclic amines) is 1. The highest BCUT2D eigenvalue weighted by Crippen LogP contribution is 2.17. The van der Waals surface area contributed by atoms with Crippen molar-refractivity contribution in [3.63, 3.8) is 0 Å². The third-order valence-corrected chi connectivity index (χ3v) is 2.88. The van der Waals surface area contributed by atoms with Gasteiger partial charge in [0.15, 0.2) is 5.76 Å². The van der Waals surface area contributed by atoms with Crippen LogP contribution in [0, 0.1) is 0 Å². The van der Waals surface area contributed by atoms with Crippen LogP contribution in [0.2, 0.25) is 0 Å². The van der Waals surface area contributed by atoms with Gasteiger partial charge in [-0.15, -0.1) is 0 Å². The van der Waals surface area contributed by atoms with Gasteiger partial charge in [0.25, 0.3) is 0 Å². The highest BCUT2D eigenvalue weighted by molar-refractivity contribution is 5.44. The van der Waals surface area contributed by atoms with Gasteiger partial charge in [0.2, 0.25) is 11.7 Å². The normalized spacial score (nSPS) is 21.1. The van der Waals surface area contributed by atoms with E-state index in [2.05, 4.69) is 15.0 Å². The standard InChI is InChI=1S/C11H14N4O2/c12-8-3-4-15(6-8)7-10-13-11(14-17-10)9-2-1-5-16-9/h1-2,5,8H,3-4,6-7,12H2/t8-/m1/s1. The Morgan fingerprint density at radius 1 is 1.53 bits per heavy atom. The van der Waals surface area contributed by atoms with Crippen molar-refractivity contribution in [1.29, 1.82) is 0 Å². The third-order valence-electron chi connectivity index (χ3n) is 2.88. The Hall–Kier alpha value is -1.66. The molecule has 0 unspecified atom stereocenters. The summed E-state index contributed by atoms with van der Waals surface area (Å²) in [4.78, 5) is 6.50. The van der Waals surface area contributed by atoms with Gasteiger partial charge < -0.3 is 14.7 Å². The summed E-state index contributed by atoms with van der Waals surface area (Å²) >= 11 is 0. The highest BCUT2D eigenvalue weighted by Gasteiger charge is 2.21. The van der Waals surface area contributed by atoms with Crippen LogP contribution in [0.25, 0.3) is 11.6 Å². The Morgan fingerprint density at radius 3 is 3.18 bits per heavy atom. The highest BCUT2D eigenvalue weighted by atomic mass is 16.5. The monoisotopic (exact) mass is 234 g/mol. The van der Waals surface area contributed by atoms with Crippen LogP contribution < -0.4 is 5.73 Å². The predicted molar refractivity (Wildman–Crippen MR) is 59.9 cm³/mol. The molecule has 2 N–H and O–H groups in total. The van der Waals surface area contributed by atoms with Crippen LogP contribution in [0.15, 0.2) is 27.3 Å². The Morgan fingerprint density at radius 2 is 2.47 bits per heavy atom. The SMILES string of the molecule is N[C@@H]1CCN(Cc2nc(-c3ccco3)no2)C1. The first-order valence-electron chi connectivity index (χ1n) is 5.65. The zero-order valence-corrected chi connectivity index (χ0v) is 9.37. The molecule has 2 aromatic heterocycles. The molecule has 1 aliphatic rings. The Kier molecular flexibility index (Phi) is 2.66. The number of rotatable bonds is 3. The molecule has 0 radical (unpaired) electrons. The lowest BCUT2D eigenvalue weighted by Gasteiger charge is -2.10. The maximum Gasteiger partial charge on any atom is 0.241 e. The van der Waals surface area contributed by atoms with Gasteiger partial charge in [-0.25, -0.2) is 0 Å². The van der Waals surface area contributed by atoms with Crippen molar-refractivity contribution < 1.29 is 8.94 Å². The summed E-state index contributed by atoms with van der Waals surface area (Å²) in [5.74, 6) is 1.72.